The van der Waals surface area contributed by atoms with E-state index in [0.717, 1.165) is 0 Å². The van der Waals surface area contributed by atoms with Gasteiger partial charge in [0.15, 0.2) is 0 Å². The topological polar surface area (TPSA) is 0 Å². The van der Waals surface area contributed by atoms with E-state index in [1.165, 1.54) is 89.4 Å². The van der Waals surface area contributed by atoms with Gasteiger partial charge < -0.3 is 0 Å². The van der Waals surface area contributed by atoms with Crippen LogP contribution in [0.1, 0.15) is 90.9 Å². The first-order chi connectivity index (χ1) is 8.91. The summed E-state index contributed by atoms with van der Waals surface area (Å²) in [6.45, 7) is 4.58. The minimum absolute atomic E-state index is 1.37. The normalized spacial score (nSPS) is 12.3. The standard InChI is InChI=1S/C16H34P2/c1-3-5-7-9-10-11-12-14-16-18-17-15-13-8-6-4-2/h3-16H2,1-2H3. The quantitative estimate of drug-likeness (QED) is 0.216. The molecule has 0 aromatic rings. The van der Waals surface area contributed by atoms with Crippen molar-refractivity contribution in [1.82, 2.24) is 0 Å². The van der Waals surface area contributed by atoms with E-state index in [9.17, 15) is 0 Å². The molecular weight excluding hydrogens is 254 g/mol. The van der Waals surface area contributed by atoms with Crippen LogP contribution in [0.2, 0.25) is 0 Å². The average Bonchev–Trinajstić information content (AvgIpc) is 2.39. The van der Waals surface area contributed by atoms with Gasteiger partial charge in [-0.3, -0.25) is 0 Å². The second kappa shape index (κ2) is 17.9. The Hall–Kier alpha value is 0.860. The predicted molar refractivity (Wildman–Crippen MR) is 90.3 cm³/mol. The van der Waals surface area contributed by atoms with Crippen molar-refractivity contribution in [2.24, 2.45) is 0 Å². The fourth-order valence-corrected chi connectivity index (χ4v) is 4.78. The second-order valence-corrected chi connectivity index (χ2v) is 8.42. The van der Waals surface area contributed by atoms with Crippen molar-refractivity contribution in [1.29, 1.82) is 0 Å². The molecule has 0 amide bonds. The first-order valence-corrected chi connectivity index (χ1v) is 11.1. The van der Waals surface area contributed by atoms with Crippen LogP contribution in [0.3, 0.4) is 0 Å². The van der Waals surface area contributed by atoms with Gasteiger partial charge in [-0.2, -0.15) is 0 Å². The van der Waals surface area contributed by atoms with E-state index in [2.05, 4.69) is 13.8 Å². The fourth-order valence-electron chi connectivity index (χ4n) is 2.07. The van der Waals surface area contributed by atoms with Gasteiger partial charge in [-0.25, -0.2) is 0 Å². The van der Waals surface area contributed by atoms with Gasteiger partial charge in [-0.05, 0) is 41.7 Å². The van der Waals surface area contributed by atoms with Gasteiger partial charge in [0.25, 0.3) is 0 Å². The molecule has 2 heteroatoms. The van der Waals surface area contributed by atoms with Gasteiger partial charge in [0.2, 0.25) is 0 Å². The number of hydrogen-bond donors (Lipinski definition) is 0. The lowest BCUT2D eigenvalue weighted by atomic mass is 10.1. The summed E-state index contributed by atoms with van der Waals surface area (Å²) in [5.41, 5.74) is 0. The van der Waals surface area contributed by atoms with Crippen molar-refractivity contribution in [3.63, 3.8) is 0 Å². The lowest BCUT2D eigenvalue weighted by molar-refractivity contribution is 0.586. The maximum Gasteiger partial charge on any atom is -0.0242 e. The largest absolute Gasteiger partial charge is 0.0654 e. The van der Waals surface area contributed by atoms with E-state index in [1.54, 1.807) is 16.5 Å². The summed E-state index contributed by atoms with van der Waals surface area (Å²) >= 11 is 0. The van der Waals surface area contributed by atoms with Gasteiger partial charge in [-0.15, -0.1) is 0 Å². The van der Waals surface area contributed by atoms with Crippen LogP contribution in [0, 0.1) is 0 Å². The third-order valence-corrected chi connectivity index (χ3v) is 6.36. The molecule has 18 heavy (non-hydrogen) atoms. The number of unbranched alkanes of at least 4 members (excludes halogenated alkanes) is 10. The fraction of sp³-hybridized carbons (Fsp3) is 1.00. The summed E-state index contributed by atoms with van der Waals surface area (Å²) in [6.07, 6.45) is 20.3. The highest BCUT2D eigenvalue weighted by Gasteiger charge is 1.94. The maximum atomic E-state index is 2.29. The predicted octanol–water partition coefficient (Wildman–Crippen LogP) is 7.51. The van der Waals surface area contributed by atoms with Gasteiger partial charge in [0.05, 0.1) is 0 Å². The Morgan fingerprint density at radius 3 is 1.22 bits per heavy atom. The summed E-state index contributed by atoms with van der Waals surface area (Å²) < 4.78 is 0. The molecule has 0 aromatic carbocycles. The monoisotopic (exact) mass is 288 g/mol. The molecular formula is C16H34P2. The number of hydrogen-bond acceptors (Lipinski definition) is 0. The molecule has 0 bridgehead atoms. The van der Waals surface area contributed by atoms with E-state index in [1.807, 2.05) is 0 Å². The molecule has 0 saturated carbocycles. The minimum atomic E-state index is 1.37. The molecule has 0 nitrogen and oxygen atoms in total. The molecule has 0 aromatic heterocycles. The molecule has 0 fully saturated rings. The molecule has 108 valence electrons. The minimum Gasteiger partial charge on any atom is -0.0654 e. The zero-order valence-electron chi connectivity index (χ0n) is 12.8. The molecule has 0 unspecified atom stereocenters. The van der Waals surface area contributed by atoms with E-state index in [4.69, 9.17) is 0 Å². The smallest absolute Gasteiger partial charge is 0.0242 e. The Labute approximate surface area is 120 Å². The molecule has 0 rings (SSSR count). The molecule has 0 heterocycles. The van der Waals surface area contributed by atoms with Crippen LogP contribution in [-0.4, -0.2) is 12.3 Å². The molecule has 2 radical (unpaired) electrons. The Morgan fingerprint density at radius 2 is 0.778 bits per heavy atom. The lowest BCUT2D eigenvalue weighted by Crippen LogP contribution is -1.81. The Morgan fingerprint density at radius 1 is 0.444 bits per heavy atom. The average molecular weight is 288 g/mol. The van der Waals surface area contributed by atoms with Gasteiger partial charge >= 0.3 is 0 Å². The summed E-state index contributed by atoms with van der Waals surface area (Å²) in [6, 6.07) is 0. The summed E-state index contributed by atoms with van der Waals surface area (Å²) in [5.74, 6) is 0. The van der Waals surface area contributed by atoms with Crippen molar-refractivity contribution in [3.8, 4) is 0 Å². The van der Waals surface area contributed by atoms with E-state index in [-0.39, 0.29) is 0 Å². The lowest BCUT2D eigenvalue weighted by Gasteiger charge is -2.02. The van der Waals surface area contributed by atoms with Gasteiger partial charge in [-0.1, -0.05) is 78.1 Å². The van der Waals surface area contributed by atoms with Crippen molar-refractivity contribution in [2.45, 2.75) is 90.9 Å². The van der Waals surface area contributed by atoms with Crippen LogP contribution in [0.25, 0.3) is 0 Å². The summed E-state index contributed by atoms with van der Waals surface area (Å²) in [5, 5.41) is 0. The highest BCUT2D eigenvalue weighted by molar-refractivity contribution is 8.11. The van der Waals surface area contributed by atoms with Gasteiger partial charge in [0.1, 0.15) is 0 Å². The SMILES string of the molecule is CCCCCCCCCC[P][P]CCCCCC. The van der Waals surface area contributed by atoms with Crippen LogP contribution in [0.4, 0.5) is 0 Å². The number of rotatable bonds is 15. The van der Waals surface area contributed by atoms with Crippen LogP contribution in [0.15, 0.2) is 0 Å². The highest BCUT2D eigenvalue weighted by Crippen LogP contribution is 2.38. The van der Waals surface area contributed by atoms with Crippen molar-refractivity contribution >= 4 is 16.5 Å². The molecule has 0 aliphatic rings. The van der Waals surface area contributed by atoms with E-state index < -0.39 is 0 Å². The summed E-state index contributed by atoms with van der Waals surface area (Å²) in [7, 11) is 3.38. The zero-order chi connectivity index (χ0) is 13.3. The van der Waals surface area contributed by atoms with Crippen LogP contribution < -0.4 is 0 Å². The summed E-state index contributed by atoms with van der Waals surface area (Å²) in [4.78, 5) is 0. The third kappa shape index (κ3) is 16.9. The van der Waals surface area contributed by atoms with Gasteiger partial charge in [0, 0.05) is 0 Å². The Bertz CT molecular complexity index is 121. The van der Waals surface area contributed by atoms with E-state index >= 15 is 0 Å². The third-order valence-electron chi connectivity index (χ3n) is 3.32. The first-order valence-electron chi connectivity index (χ1n) is 8.25. The maximum absolute atomic E-state index is 2.29. The molecule has 0 saturated heterocycles. The Kier molecular flexibility index (Phi) is 18.7. The molecule has 0 atom stereocenters. The van der Waals surface area contributed by atoms with Crippen molar-refractivity contribution < 1.29 is 0 Å². The van der Waals surface area contributed by atoms with Crippen molar-refractivity contribution in [2.75, 3.05) is 12.3 Å². The zero-order valence-corrected chi connectivity index (χ0v) is 14.6. The first kappa shape index (κ1) is 18.9. The Balaban J connectivity index is 2.86. The van der Waals surface area contributed by atoms with E-state index in [0.29, 0.717) is 0 Å². The van der Waals surface area contributed by atoms with Crippen molar-refractivity contribution in [3.05, 3.63) is 0 Å². The molecule has 0 aliphatic carbocycles. The molecule has 0 N–H and O–H groups in total. The highest BCUT2D eigenvalue weighted by atomic mass is 32.0. The molecule has 0 spiro atoms. The van der Waals surface area contributed by atoms with Crippen LogP contribution in [0.5, 0.6) is 0 Å². The van der Waals surface area contributed by atoms with Crippen LogP contribution in [-0.2, 0) is 0 Å². The molecule has 0 aliphatic heterocycles. The second-order valence-electron chi connectivity index (χ2n) is 5.27. The van der Waals surface area contributed by atoms with Crippen LogP contribution >= 0.6 is 16.5 Å².